The molecule has 11 heteroatoms. The molecule has 0 aliphatic heterocycles. The molecular weight excluding hydrogens is 205 g/mol. The lowest BCUT2D eigenvalue weighted by Crippen LogP contribution is -2.46. The van der Waals surface area contributed by atoms with Crippen LogP contribution in [0.25, 0.3) is 10.4 Å². The third-order valence-corrected chi connectivity index (χ3v) is 1.06. The Morgan fingerprint density at radius 1 is 1.50 bits per heavy atom. The lowest BCUT2D eigenvalue weighted by Gasteiger charge is -2.06. The van der Waals surface area contributed by atoms with Crippen LogP contribution in [0.4, 0.5) is 4.39 Å². The lowest BCUT2D eigenvalue weighted by molar-refractivity contribution is -0.833. The number of halogens is 1. The van der Waals surface area contributed by atoms with Crippen LogP contribution in [0.2, 0.25) is 0 Å². The van der Waals surface area contributed by atoms with Gasteiger partial charge in [-0.1, -0.05) is 9.50 Å². The molecule has 0 spiro atoms. The van der Waals surface area contributed by atoms with E-state index in [0.29, 0.717) is 0 Å². The summed E-state index contributed by atoms with van der Waals surface area (Å²) in [4.78, 5) is 18.6. The molecule has 0 aromatic rings. The second-order valence-electron chi connectivity index (χ2n) is 1.94. The molecule has 0 radical (unpaired) electrons. The largest absolute Gasteiger partial charge is 0.637 e. The molecule has 78 valence electrons. The Morgan fingerprint density at radius 3 is 2.36 bits per heavy atom. The Balaban J connectivity index is 4.32. The summed E-state index contributed by atoms with van der Waals surface area (Å²) in [6, 6.07) is 0. The predicted molar refractivity (Wildman–Crippen MR) is 37.8 cm³/mol. The zero-order valence-corrected chi connectivity index (χ0v) is 6.57. The molecule has 0 aromatic heterocycles. The van der Waals surface area contributed by atoms with Gasteiger partial charge in [-0.05, 0) is 5.53 Å². The Kier molecular flexibility index (Phi) is 4.19. The fourth-order valence-electron chi connectivity index (χ4n) is 0.414. The average molecular weight is 209 g/mol. The van der Waals surface area contributed by atoms with Gasteiger partial charge in [-0.15, -0.1) is 0 Å². The number of alkyl halides is 1. The summed E-state index contributed by atoms with van der Waals surface area (Å²) >= 11 is 0. The second-order valence-corrected chi connectivity index (χ2v) is 1.94. The first-order valence-electron chi connectivity index (χ1n) is 3.01. The minimum atomic E-state index is -3.91. The summed E-state index contributed by atoms with van der Waals surface area (Å²) in [5, 5.41) is 22.6. The minimum absolute atomic E-state index is 0.718. The molecule has 0 N–H and O–H groups in total. The number of hydrogen-bond acceptors (Lipinski definition) is 6. The van der Waals surface area contributed by atoms with Crippen molar-refractivity contribution in [1.29, 1.82) is 0 Å². The molecule has 0 saturated heterocycles. The summed E-state index contributed by atoms with van der Waals surface area (Å²) < 4.78 is 16.9. The van der Waals surface area contributed by atoms with E-state index in [1.54, 1.807) is 0 Å². The zero-order chi connectivity index (χ0) is 11.2. The van der Waals surface area contributed by atoms with Gasteiger partial charge in [0, 0.05) is 4.91 Å². The first-order chi connectivity index (χ1) is 6.45. The van der Waals surface area contributed by atoms with Crippen LogP contribution in [-0.4, -0.2) is 29.1 Å². The number of nitro groups is 2. The summed E-state index contributed by atoms with van der Waals surface area (Å²) in [5.41, 5.74) is 7.73. The summed E-state index contributed by atoms with van der Waals surface area (Å²) in [6.45, 7) is -2.14. The molecule has 0 heterocycles. The molecular formula is C3H4FN5O5. The van der Waals surface area contributed by atoms with Crippen molar-refractivity contribution < 1.29 is 19.0 Å². The first-order valence-corrected chi connectivity index (χ1v) is 3.01. The molecule has 0 unspecified atom stereocenters. The lowest BCUT2D eigenvalue weighted by atomic mass is 10.5. The Labute approximate surface area is 75.2 Å². The molecule has 0 atom stereocenters. The van der Waals surface area contributed by atoms with Gasteiger partial charge in [0.2, 0.25) is 6.61 Å². The summed E-state index contributed by atoms with van der Waals surface area (Å²) in [7, 11) is 0. The van der Waals surface area contributed by atoms with Crippen LogP contribution in [0.3, 0.4) is 0 Å². The maximum atomic E-state index is 12.8. The maximum Gasteiger partial charge on any atom is 0.637 e. The third-order valence-electron chi connectivity index (χ3n) is 1.06. The number of azide groups is 1. The van der Waals surface area contributed by atoms with Crippen LogP contribution < -0.4 is 0 Å². The number of rotatable bonds is 6. The van der Waals surface area contributed by atoms with Gasteiger partial charge in [-0.2, -0.15) is 0 Å². The van der Waals surface area contributed by atoms with Crippen molar-refractivity contribution in [3.63, 3.8) is 0 Å². The highest BCUT2D eigenvalue weighted by Gasteiger charge is 2.58. The van der Waals surface area contributed by atoms with Crippen LogP contribution in [-0.2, 0) is 4.74 Å². The van der Waals surface area contributed by atoms with Crippen LogP contribution in [0.15, 0.2) is 5.11 Å². The maximum absolute atomic E-state index is 12.8. The third kappa shape index (κ3) is 2.80. The highest BCUT2D eigenvalue weighted by molar-refractivity contribution is 4.49. The van der Waals surface area contributed by atoms with Crippen molar-refractivity contribution in [2.45, 2.75) is 5.92 Å². The van der Waals surface area contributed by atoms with E-state index < -0.39 is 29.1 Å². The number of nitrogens with zero attached hydrogens (tertiary/aromatic N) is 5. The average Bonchev–Trinajstić information content (AvgIpc) is 2.11. The molecule has 0 aliphatic rings. The monoisotopic (exact) mass is 209 g/mol. The molecule has 0 rings (SSSR count). The summed E-state index contributed by atoms with van der Waals surface area (Å²) in [5.74, 6) is -3.91. The van der Waals surface area contributed by atoms with E-state index >= 15 is 0 Å². The van der Waals surface area contributed by atoms with Gasteiger partial charge in [-0.3, -0.25) is 20.2 Å². The molecule has 0 bridgehead atoms. The van der Waals surface area contributed by atoms with E-state index in [1.807, 2.05) is 0 Å². The van der Waals surface area contributed by atoms with Crippen molar-refractivity contribution in [1.82, 2.24) is 0 Å². The molecule has 10 nitrogen and oxygen atoms in total. The van der Waals surface area contributed by atoms with Gasteiger partial charge in [0.05, 0.1) is 0 Å². The van der Waals surface area contributed by atoms with Crippen molar-refractivity contribution in [2.75, 3.05) is 13.3 Å². The topological polar surface area (TPSA) is 144 Å². The van der Waals surface area contributed by atoms with E-state index in [0.717, 1.165) is 0 Å². The van der Waals surface area contributed by atoms with Gasteiger partial charge in [0.15, 0.2) is 0 Å². The van der Waals surface area contributed by atoms with E-state index in [4.69, 9.17) is 5.53 Å². The van der Waals surface area contributed by atoms with Crippen LogP contribution in [0, 0.1) is 20.2 Å². The van der Waals surface area contributed by atoms with Crippen molar-refractivity contribution in [3.05, 3.63) is 30.7 Å². The molecule has 0 saturated carbocycles. The smallest absolute Gasteiger partial charge is 0.358 e. The predicted octanol–water partition coefficient (Wildman–Crippen LogP) is 0.447. The molecule has 0 amide bonds. The minimum Gasteiger partial charge on any atom is -0.358 e. The van der Waals surface area contributed by atoms with Crippen LogP contribution in [0.1, 0.15) is 0 Å². The molecule has 0 aromatic carbocycles. The standard InChI is InChI=1S/C3H4FN5O5/c4-3(8(10)11,9(12)13)1-14-2-6-7-5/h1-2H2. The quantitative estimate of drug-likeness (QED) is 0.0910. The Hall–Kier alpha value is -2.00. The second kappa shape index (κ2) is 4.89. The molecule has 0 fully saturated rings. The molecule has 14 heavy (non-hydrogen) atoms. The van der Waals surface area contributed by atoms with Gasteiger partial charge in [-0.25, -0.2) is 0 Å². The van der Waals surface area contributed by atoms with E-state index in [9.17, 15) is 24.6 Å². The fraction of sp³-hybridized carbons (Fsp3) is 1.00. The highest BCUT2D eigenvalue weighted by atomic mass is 19.2. The van der Waals surface area contributed by atoms with E-state index in [-0.39, 0.29) is 0 Å². The normalized spacial score (nSPS) is 10.4. The van der Waals surface area contributed by atoms with Gasteiger partial charge in [0.25, 0.3) is 0 Å². The van der Waals surface area contributed by atoms with E-state index in [2.05, 4.69) is 14.8 Å². The van der Waals surface area contributed by atoms with Gasteiger partial charge < -0.3 is 4.74 Å². The van der Waals surface area contributed by atoms with Crippen LogP contribution in [0.5, 0.6) is 0 Å². The van der Waals surface area contributed by atoms with E-state index in [1.165, 1.54) is 0 Å². The first kappa shape index (κ1) is 12.0. The van der Waals surface area contributed by atoms with Crippen molar-refractivity contribution in [2.24, 2.45) is 5.11 Å². The van der Waals surface area contributed by atoms with Gasteiger partial charge in [0.1, 0.15) is 16.6 Å². The Bertz CT molecular complexity index is 273. The highest BCUT2D eigenvalue weighted by Crippen LogP contribution is 2.13. The zero-order valence-electron chi connectivity index (χ0n) is 6.57. The van der Waals surface area contributed by atoms with Crippen molar-refractivity contribution in [3.8, 4) is 0 Å². The summed E-state index contributed by atoms with van der Waals surface area (Å²) in [6.07, 6.45) is 0. The number of hydrogen-bond donors (Lipinski definition) is 0. The fourth-order valence-corrected chi connectivity index (χ4v) is 0.414. The SMILES string of the molecule is [N-]=[N+]=NCOCC(F)([N+](=O)[O-])[N+](=O)[O-]. The van der Waals surface area contributed by atoms with Crippen molar-refractivity contribution >= 4 is 0 Å². The Morgan fingerprint density at radius 2 is 2.00 bits per heavy atom. The number of ether oxygens (including phenoxy) is 1. The molecule has 0 aliphatic carbocycles. The van der Waals surface area contributed by atoms with Gasteiger partial charge >= 0.3 is 5.92 Å². The van der Waals surface area contributed by atoms with Crippen LogP contribution >= 0.6 is 0 Å².